The summed E-state index contributed by atoms with van der Waals surface area (Å²) < 4.78 is 2.86. The quantitative estimate of drug-likeness (QED) is 0.214. The second kappa shape index (κ2) is 12.5. The maximum atomic E-state index is 12.8. The molecule has 2 amide bonds. The molecule has 2 heterocycles. The standard InChI is InChI=1S/C28H24Br2N4O2S2/c29-21-5-1-19(2-6-21)25-17-37-28(32-25)38-18-26(35)31-23-9-11-24(12-10-23)33-13-15-34(16-14-33)27(36)20-3-7-22(30)8-4-20/h1-12,17H,13-16,18H2,(H,31,35). The van der Waals surface area contributed by atoms with E-state index < -0.39 is 0 Å². The number of hydrogen-bond acceptors (Lipinski definition) is 6. The molecule has 0 radical (unpaired) electrons. The number of rotatable bonds is 7. The van der Waals surface area contributed by atoms with Gasteiger partial charge < -0.3 is 15.1 Å². The van der Waals surface area contributed by atoms with E-state index in [9.17, 15) is 9.59 Å². The number of benzene rings is 3. The van der Waals surface area contributed by atoms with Crippen LogP contribution in [0.4, 0.5) is 11.4 Å². The summed E-state index contributed by atoms with van der Waals surface area (Å²) in [6.07, 6.45) is 0. The predicted molar refractivity (Wildman–Crippen MR) is 163 cm³/mol. The maximum Gasteiger partial charge on any atom is 0.253 e. The number of anilines is 2. The number of thioether (sulfide) groups is 1. The zero-order valence-corrected chi connectivity index (χ0v) is 25.1. The number of nitrogens with zero attached hydrogens (tertiary/aromatic N) is 3. The van der Waals surface area contributed by atoms with Gasteiger partial charge >= 0.3 is 0 Å². The fourth-order valence-electron chi connectivity index (χ4n) is 4.10. The number of nitrogens with one attached hydrogen (secondary N) is 1. The second-order valence-electron chi connectivity index (χ2n) is 8.68. The maximum absolute atomic E-state index is 12.8. The first-order valence-electron chi connectivity index (χ1n) is 12.0. The molecule has 0 unspecified atom stereocenters. The summed E-state index contributed by atoms with van der Waals surface area (Å²) in [5, 5.41) is 4.98. The summed E-state index contributed by atoms with van der Waals surface area (Å²) in [4.78, 5) is 34.1. The molecule has 10 heteroatoms. The third-order valence-electron chi connectivity index (χ3n) is 6.12. The van der Waals surface area contributed by atoms with Crippen molar-refractivity contribution in [2.45, 2.75) is 4.34 Å². The highest BCUT2D eigenvalue weighted by Gasteiger charge is 2.22. The minimum absolute atomic E-state index is 0.0652. The number of carbonyl (C=O) groups excluding carboxylic acids is 2. The van der Waals surface area contributed by atoms with E-state index in [0.29, 0.717) is 24.4 Å². The number of aromatic nitrogens is 1. The van der Waals surface area contributed by atoms with Crippen molar-refractivity contribution >= 4 is 78.1 Å². The van der Waals surface area contributed by atoms with E-state index in [2.05, 4.69) is 47.1 Å². The fraction of sp³-hybridized carbons (Fsp3) is 0.179. The van der Waals surface area contributed by atoms with Gasteiger partial charge in [-0.15, -0.1) is 11.3 Å². The Morgan fingerprint density at radius 2 is 1.50 bits per heavy atom. The minimum atomic E-state index is -0.0665. The van der Waals surface area contributed by atoms with Crippen molar-refractivity contribution in [3.63, 3.8) is 0 Å². The molecule has 0 atom stereocenters. The summed E-state index contributed by atoms with van der Waals surface area (Å²) in [5.41, 5.74) is 4.52. The Morgan fingerprint density at radius 1 is 0.868 bits per heavy atom. The minimum Gasteiger partial charge on any atom is -0.368 e. The van der Waals surface area contributed by atoms with Gasteiger partial charge in [-0.3, -0.25) is 9.59 Å². The van der Waals surface area contributed by atoms with Crippen molar-refractivity contribution in [3.05, 3.63) is 92.7 Å². The molecule has 0 bridgehead atoms. The molecular weight excluding hydrogens is 648 g/mol. The first-order chi connectivity index (χ1) is 18.4. The molecule has 1 saturated heterocycles. The normalized spacial score (nSPS) is 13.4. The molecule has 1 aliphatic heterocycles. The van der Waals surface area contributed by atoms with Gasteiger partial charge in [-0.05, 0) is 60.7 Å². The Bertz CT molecular complexity index is 1400. The Labute approximate surface area is 246 Å². The van der Waals surface area contributed by atoms with Gasteiger partial charge in [-0.2, -0.15) is 0 Å². The predicted octanol–water partition coefficient (Wildman–Crippen LogP) is 7.03. The van der Waals surface area contributed by atoms with Crippen LogP contribution >= 0.6 is 55.0 Å². The molecule has 38 heavy (non-hydrogen) atoms. The number of thiazole rings is 1. The molecule has 4 aromatic rings. The molecule has 194 valence electrons. The van der Waals surface area contributed by atoms with Crippen LogP contribution in [0.25, 0.3) is 11.3 Å². The second-order valence-corrected chi connectivity index (χ2v) is 12.6. The van der Waals surface area contributed by atoms with Crippen LogP contribution in [0.3, 0.4) is 0 Å². The molecule has 1 N–H and O–H groups in total. The van der Waals surface area contributed by atoms with Crippen LogP contribution < -0.4 is 10.2 Å². The average Bonchev–Trinajstić information content (AvgIpc) is 3.42. The lowest BCUT2D eigenvalue weighted by molar-refractivity contribution is -0.113. The van der Waals surface area contributed by atoms with Crippen molar-refractivity contribution in [3.8, 4) is 11.3 Å². The van der Waals surface area contributed by atoms with E-state index in [0.717, 1.165) is 49.0 Å². The van der Waals surface area contributed by atoms with Gasteiger partial charge in [0.1, 0.15) is 0 Å². The topological polar surface area (TPSA) is 65.5 Å². The lowest BCUT2D eigenvalue weighted by Gasteiger charge is -2.36. The van der Waals surface area contributed by atoms with Crippen LogP contribution in [-0.4, -0.2) is 53.6 Å². The molecule has 0 spiro atoms. The smallest absolute Gasteiger partial charge is 0.253 e. The molecule has 3 aromatic carbocycles. The summed E-state index contributed by atoms with van der Waals surface area (Å²) in [6, 6.07) is 23.4. The van der Waals surface area contributed by atoms with Crippen LogP contribution in [0.1, 0.15) is 10.4 Å². The van der Waals surface area contributed by atoms with E-state index >= 15 is 0 Å². The highest BCUT2D eigenvalue weighted by molar-refractivity contribution is 9.10. The van der Waals surface area contributed by atoms with Gasteiger partial charge in [0.25, 0.3) is 5.91 Å². The van der Waals surface area contributed by atoms with E-state index in [-0.39, 0.29) is 11.8 Å². The Kier molecular flexibility index (Phi) is 8.83. The summed E-state index contributed by atoms with van der Waals surface area (Å²) in [5.74, 6) is 0.294. The van der Waals surface area contributed by atoms with E-state index in [4.69, 9.17) is 0 Å². The van der Waals surface area contributed by atoms with Crippen LogP contribution in [-0.2, 0) is 4.79 Å². The molecule has 0 saturated carbocycles. The van der Waals surface area contributed by atoms with Crippen LogP contribution in [0.2, 0.25) is 0 Å². The number of piperazine rings is 1. The van der Waals surface area contributed by atoms with Gasteiger partial charge in [-0.25, -0.2) is 4.98 Å². The molecule has 1 aliphatic rings. The zero-order chi connectivity index (χ0) is 26.5. The van der Waals surface area contributed by atoms with Crippen LogP contribution in [0.15, 0.2) is 91.5 Å². The number of carbonyl (C=O) groups is 2. The molecule has 6 nitrogen and oxygen atoms in total. The Balaban J connectivity index is 1.08. The summed E-state index contributed by atoms with van der Waals surface area (Å²) in [6.45, 7) is 2.87. The average molecular weight is 672 g/mol. The molecule has 1 aromatic heterocycles. The third kappa shape index (κ3) is 6.85. The lowest BCUT2D eigenvalue weighted by atomic mass is 10.1. The van der Waals surface area contributed by atoms with E-state index in [1.165, 1.54) is 11.8 Å². The largest absolute Gasteiger partial charge is 0.368 e. The number of amides is 2. The van der Waals surface area contributed by atoms with Gasteiger partial charge in [0.2, 0.25) is 5.91 Å². The third-order valence-corrected chi connectivity index (χ3v) is 9.20. The number of halogens is 2. The Hall–Kier alpha value is -2.66. The fourth-order valence-corrected chi connectivity index (χ4v) is 6.26. The molecule has 1 fully saturated rings. The van der Waals surface area contributed by atoms with Crippen LogP contribution in [0, 0.1) is 0 Å². The van der Waals surface area contributed by atoms with Crippen molar-refractivity contribution in [2.24, 2.45) is 0 Å². The first-order valence-corrected chi connectivity index (χ1v) is 15.4. The van der Waals surface area contributed by atoms with Crippen molar-refractivity contribution in [1.29, 1.82) is 0 Å². The molecule has 5 rings (SSSR count). The van der Waals surface area contributed by atoms with Crippen LogP contribution in [0.5, 0.6) is 0 Å². The van der Waals surface area contributed by atoms with Crippen molar-refractivity contribution < 1.29 is 9.59 Å². The summed E-state index contributed by atoms with van der Waals surface area (Å²) in [7, 11) is 0. The van der Waals surface area contributed by atoms with Gasteiger partial charge in [-0.1, -0.05) is 55.8 Å². The monoisotopic (exact) mass is 670 g/mol. The highest BCUT2D eigenvalue weighted by atomic mass is 79.9. The van der Waals surface area contributed by atoms with Crippen molar-refractivity contribution in [1.82, 2.24) is 9.88 Å². The zero-order valence-electron chi connectivity index (χ0n) is 20.3. The highest BCUT2D eigenvalue weighted by Crippen LogP contribution is 2.29. The molecular formula is C28H24Br2N4O2S2. The molecule has 0 aliphatic carbocycles. The van der Waals surface area contributed by atoms with Crippen molar-refractivity contribution in [2.75, 3.05) is 42.1 Å². The van der Waals surface area contributed by atoms with Gasteiger partial charge in [0.15, 0.2) is 4.34 Å². The number of hydrogen-bond donors (Lipinski definition) is 1. The van der Waals surface area contributed by atoms with E-state index in [1.54, 1.807) is 11.3 Å². The SMILES string of the molecule is O=C(CSc1nc(-c2ccc(Br)cc2)cs1)Nc1ccc(N2CCN(C(=O)c3ccc(Br)cc3)CC2)cc1. The van der Waals surface area contributed by atoms with E-state index in [1.807, 2.05) is 83.1 Å². The summed E-state index contributed by atoms with van der Waals surface area (Å²) >= 11 is 9.84. The lowest BCUT2D eigenvalue weighted by Crippen LogP contribution is -2.48. The van der Waals surface area contributed by atoms with Gasteiger partial charge in [0, 0.05) is 63.0 Å². The first kappa shape index (κ1) is 26.9. The Morgan fingerprint density at radius 3 is 2.16 bits per heavy atom. The van der Waals surface area contributed by atoms with Gasteiger partial charge in [0.05, 0.1) is 11.4 Å².